The molecule has 7 unspecified atom stereocenters. The summed E-state index contributed by atoms with van der Waals surface area (Å²) in [7, 11) is 0. The SMILES string of the molecule is CC/C=C\C/C=C\C/C=C\C/C=C\C/C=C\C/C=C\C/C=C\C/C=C\CCCCCCCCCCCCCCC(=O)NC(COC1OC(CO)C(O)C(O)C1O)C(O)/C=C/CCCCCCC. The van der Waals surface area contributed by atoms with E-state index < -0.39 is 49.5 Å². The Morgan fingerprint density at radius 1 is 0.522 bits per heavy atom. The molecule has 0 bridgehead atoms. The van der Waals surface area contributed by atoms with Crippen molar-refractivity contribution >= 4 is 5.91 Å². The van der Waals surface area contributed by atoms with Crippen LogP contribution in [0.3, 0.4) is 0 Å². The van der Waals surface area contributed by atoms with Crippen LogP contribution < -0.4 is 5.32 Å². The summed E-state index contributed by atoms with van der Waals surface area (Å²) >= 11 is 0. The van der Waals surface area contributed by atoms with Crippen LogP contribution in [0.1, 0.15) is 194 Å². The topological polar surface area (TPSA) is 149 Å². The van der Waals surface area contributed by atoms with Gasteiger partial charge in [0.05, 0.1) is 25.4 Å². The summed E-state index contributed by atoms with van der Waals surface area (Å²) < 4.78 is 11.2. The molecule has 1 amide bonds. The van der Waals surface area contributed by atoms with Gasteiger partial charge in [-0.1, -0.05) is 213 Å². The fourth-order valence-corrected chi connectivity index (χ4v) is 7.64. The van der Waals surface area contributed by atoms with Crippen molar-refractivity contribution in [2.24, 2.45) is 0 Å². The van der Waals surface area contributed by atoms with E-state index in [1.54, 1.807) is 6.08 Å². The van der Waals surface area contributed by atoms with Crippen LogP contribution in [-0.4, -0.2) is 87.5 Å². The normalized spacial score (nSPS) is 20.6. The van der Waals surface area contributed by atoms with E-state index in [0.29, 0.717) is 6.42 Å². The highest BCUT2D eigenvalue weighted by Gasteiger charge is 2.44. The third kappa shape index (κ3) is 36.5. The van der Waals surface area contributed by atoms with Crippen molar-refractivity contribution in [2.45, 2.75) is 236 Å². The van der Waals surface area contributed by atoms with Crippen LogP contribution in [0.25, 0.3) is 0 Å². The van der Waals surface area contributed by atoms with Gasteiger partial charge in [-0.2, -0.15) is 0 Å². The molecule has 9 heteroatoms. The average Bonchev–Trinajstić information content (AvgIpc) is 3.33. The van der Waals surface area contributed by atoms with Crippen molar-refractivity contribution in [3.8, 4) is 0 Å². The number of hydrogen-bond donors (Lipinski definition) is 6. The molecule has 0 aliphatic carbocycles. The van der Waals surface area contributed by atoms with Crippen molar-refractivity contribution < 1.29 is 39.8 Å². The average molecular weight is 936 g/mol. The van der Waals surface area contributed by atoms with E-state index in [9.17, 15) is 30.3 Å². The Kier molecular flexibility index (Phi) is 43.0. The Morgan fingerprint density at radius 3 is 1.37 bits per heavy atom. The van der Waals surface area contributed by atoms with Gasteiger partial charge in [-0.25, -0.2) is 0 Å². The van der Waals surface area contributed by atoms with E-state index in [0.717, 1.165) is 89.9 Å². The maximum absolute atomic E-state index is 12.9. The third-order valence-corrected chi connectivity index (χ3v) is 11.9. The molecule has 9 nitrogen and oxygen atoms in total. The Labute approximate surface area is 408 Å². The van der Waals surface area contributed by atoms with Crippen LogP contribution in [0.2, 0.25) is 0 Å². The largest absolute Gasteiger partial charge is 0.394 e. The number of ether oxygens (including phenoxy) is 2. The van der Waals surface area contributed by atoms with Gasteiger partial charge in [-0.15, -0.1) is 0 Å². The van der Waals surface area contributed by atoms with Gasteiger partial charge in [-0.05, 0) is 83.5 Å². The first-order valence-electron chi connectivity index (χ1n) is 26.6. The van der Waals surface area contributed by atoms with Gasteiger partial charge in [-0.3, -0.25) is 4.79 Å². The zero-order chi connectivity index (χ0) is 48.7. The Morgan fingerprint density at radius 2 is 0.925 bits per heavy atom. The molecule has 1 rings (SSSR count). The molecule has 0 aromatic carbocycles. The van der Waals surface area contributed by atoms with Crippen LogP contribution >= 0.6 is 0 Å². The summed E-state index contributed by atoms with van der Waals surface area (Å²) in [5.41, 5.74) is 0. The van der Waals surface area contributed by atoms with E-state index in [1.165, 1.54) is 83.5 Å². The molecule has 1 aliphatic heterocycles. The van der Waals surface area contributed by atoms with Gasteiger partial charge in [0, 0.05) is 6.42 Å². The van der Waals surface area contributed by atoms with E-state index in [4.69, 9.17) is 9.47 Å². The first-order chi connectivity index (χ1) is 32.8. The molecule has 0 aromatic heterocycles. The standard InChI is InChI=1S/C58H97NO8/c1-3-5-7-9-11-12-13-14-15-16-17-18-19-20-21-22-23-24-25-26-27-28-29-30-31-32-33-34-35-36-37-38-39-40-42-44-46-48-54(62)59-51(52(61)47-45-43-41-10-8-6-4-2)50-66-58-57(65)56(64)55(63)53(49-60)67-58/h5,7,11-12,14-15,17-18,20-21,23-24,26-27,29-30,45,47,51-53,55-58,60-61,63-65H,3-4,6,8-10,13,16,19,22,25,28,31-44,46,48-50H2,1-2H3,(H,59,62)/b7-5-,12-11-,15-14-,18-17-,21-20-,24-23-,27-26-,30-29-,47-45+. The quantitative estimate of drug-likeness (QED) is 0.0261. The van der Waals surface area contributed by atoms with E-state index >= 15 is 0 Å². The maximum Gasteiger partial charge on any atom is 0.220 e. The molecule has 6 N–H and O–H groups in total. The van der Waals surface area contributed by atoms with Crippen LogP contribution in [0.4, 0.5) is 0 Å². The molecule has 382 valence electrons. The summed E-state index contributed by atoms with van der Waals surface area (Å²) in [6, 6.07) is -0.809. The second-order valence-corrected chi connectivity index (χ2v) is 17.9. The molecule has 0 spiro atoms. The van der Waals surface area contributed by atoms with Gasteiger partial charge in [0.25, 0.3) is 0 Å². The molecule has 0 radical (unpaired) electrons. The first kappa shape index (κ1) is 61.9. The number of rotatable bonds is 43. The van der Waals surface area contributed by atoms with Crippen molar-refractivity contribution in [1.82, 2.24) is 5.32 Å². The highest BCUT2D eigenvalue weighted by Crippen LogP contribution is 2.22. The number of allylic oxidation sites excluding steroid dienone is 17. The molecular formula is C58H97NO8. The number of nitrogens with one attached hydrogen (secondary N) is 1. The number of hydrogen-bond acceptors (Lipinski definition) is 8. The predicted molar refractivity (Wildman–Crippen MR) is 281 cm³/mol. The number of aliphatic hydroxyl groups excluding tert-OH is 5. The number of unbranched alkanes of at least 4 members (excludes halogenated alkanes) is 17. The van der Waals surface area contributed by atoms with Crippen LogP contribution in [0.5, 0.6) is 0 Å². The lowest BCUT2D eigenvalue weighted by Crippen LogP contribution is -2.60. The molecule has 67 heavy (non-hydrogen) atoms. The zero-order valence-electron chi connectivity index (χ0n) is 42.1. The van der Waals surface area contributed by atoms with Gasteiger partial charge >= 0.3 is 0 Å². The fourth-order valence-electron chi connectivity index (χ4n) is 7.64. The fraction of sp³-hybridized carbons (Fsp3) is 0.672. The van der Waals surface area contributed by atoms with Crippen molar-refractivity contribution in [1.29, 1.82) is 0 Å². The summed E-state index contributed by atoms with van der Waals surface area (Å²) in [6.45, 7) is 3.58. The van der Waals surface area contributed by atoms with Gasteiger partial charge < -0.3 is 40.3 Å². The molecule has 1 aliphatic rings. The Bertz CT molecular complexity index is 1410. The minimum Gasteiger partial charge on any atom is -0.394 e. The maximum atomic E-state index is 12.9. The molecular weight excluding hydrogens is 839 g/mol. The molecule has 1 saturated heterocycles. The summed E-state index contributed by atoms with van der Waals surface area (Å²) in [5.74, 6) is -0.189. The number of aliphatic hydroxyl groups is 5. The van der Waals surface area contributed by atoms with Crippen LogP contribution in [0, 0.1) is 0 Å². The molecule has 7 atom stereocenters. The Balaban J connectivity index is 2.08. The van der Waals surface area contributed by atoms with Gasteiger partial charge in [0.15, 0.2) is 6.29 Å². The summed E-state index contributed by atoms with van der Waals surface area (Å²) in [5, 5.41) is 54.0. The third-order valence-electron chi connectivity index (χ3n) is 11.9. The number of carbonyl (C=O) groups excluding carboxylic acids is 1. The van der Waals surface area contributed by atoms with E-state index in [1.807, 2.05) is 6.08 Å². The lowest BCUT2D eigenvalue weighted by molar-refractivity contribution is -0.302. The van der Waals surface area contributed by atoms with Crippen molar-refractivity contribution in [2.75, 3.05) is 13.2 Å². The summed E-state index contributed by atoms with van der Waals surface area (Å²) in [6.07, 6.45) is 61.8. The number of carbonyl (C=O) groups is 1. The monoisotopic (exact) mass is 936 g/mol. The smallest absolute Gasteiger partial charge is 0.220 e. The number of amides is 1. The molecule has 0 saturated carbocycles. The zero-order valence-corrected chi connectivity index (χ0v) is 42.1. The molecule has 1 heterocycles. The minimum absolute atomic E-state index is 0.189. The predicted octanol–water partition coefficient (Wildman–Crippen LogP) is 12.6. The highest BCUT2D eigenvalue weighted by molar-refractivity contribution is 5.76. The van der Waals surface area contributed by atoms with Crippen LogP contribution in [0.15, 0.2) is 109 Å². The summed E-state index contributed by atoms with van der Waals surface area (Å²) in [4.78, 5) is 12.9. The minimum atomic E-state index is -1.57. The highest BCUT2D eigenvalue weighted by atomic mass is 16.7. The van der Waals surface area contributed by atoms with E-state index in [2.05, 4.69) is 116 Å². The van der Waals surface area contributed by atoms with E-state index in [-0.39, 0.29) is 12.5 Å². The Hall–Kier alpha value is -3.15. The van der Waals surface area contributed by atoms with Gasteiger partial charge in [0.1, 0.15) is 24.4 Å². The van der Waals surface area contributed by atoms with Crippen LogP contribution in [-0.2, 0) is 14.3 Å². The van der Waals surface area contributed by atoms with Crippen molar-refractivity contribution in [3.05, 3.63) is 109 Å². The second-order valence-electron chi connectivity index (χ2n) is 17.9. The lowest BCUT2D eigenvalue weighted by Gasteiger charge is -2.40. The van der Waals surface area contributed by atoms with Gasteiger partial charge in [0.2, 0.25) is 5.91 Å². The lowest BCUT2D eigenvalue weighted by atomic mass is 9.99. The van der Waals surface area contributed by atoms with Crippen molar-refractivity contribution in [3.63, 3.8) is 0 Å². The first-order valence-corrected chi connectivity index (χ1v) is 26.6. The second kappa shape index (κ2) is 46.6. The molecule has 0 aromatic rings. The molecule has 1 fully saturated rings.